The zero-order valence-electron chi connectivity index (χ0n) is 11.7. The molecule has 0 unspecified atom stereocenters. The Hall–Kier alpha value is -1.36. The van der Waals surface area contributed by atoms with E-state index in [9.17, 15) is 0 Å². The van der Waals surface area contributed by atoms with Crippen LogP contribution >= 0.6 is 11.3 Å². The van der Waals surface area contributed by atoms with E-state index < -0.39 is 0 Å². The Bertz CT molecular complexity index is 601. The summed E-state index contributed by atoms with van der Waals surface area (Å²) < 4.78 is 0. The first kappa shape index (κ1) is 12.7. The molecule has 4 nitrogen and oxygen atoms in total. The molecular formula is C14H20N4S. The average Bonchev–Trinajstić information content (AvgIpc) is 3.07. The minimum atomic E-state index is 0.388. The molecular weight excluding hydrogens is 256 g/mol. The molecule has 2 aromatic heterocycles. The lowest BCUT2D eigenvalue weighted by atomic mass is 10.2. The second-order valence-electron chi connectivity index (χ2n) is 5.76. The van der Waals surface area contributed by atoms with E-state index in [-0.39, 0.29) is 0 Å². The molecule has 0 spiro atoms. The average molecular weight is 276 g/mol. The first-order valence-corrected chi connectivity index (χ1v) is 7.66. The van der Waals surface area contributed by atoms with Crippen molar-refractivity contribution in [2.75, 3.05) is 17.2 Å². The molecule has 0 aliphatic heterocycles. The highest BCUT2D eigenvalue weighted by Crippen LogP contribution is 2.37. The molecule has 0 atom stereocenters. The second-order valence-corrected chi connectivity index (χ2v) is 6.99. The van der Waals surface area contributed by atoms with Crippen LogP contribution in [0.25, 0.3) is 10.2 Å². The van der Waals surface area contributed by atoms with E-state index in [1.807, 2.05) is 0 Å². The van der Waals surface area contributed by atoms with Gasteiger partial charge in [0.1, 0.15) is 10.6 Å². The van der Waals surface area contributed by atoms with Crippen LogP contribution in [0.5, 0.6) is 0 Å². The topological polar surface area (TPSA) is 55.0 Å². The molecule has 0 amide bonds. The predicted molar refractivity (Wildman–Crippen MR) is 81.8 cm³/mol. The second kappa shape index (κ2) is 4.63. The van der Waals surface area contributed by atoms with Crippen molar-refractivity contribution in [1.29, 1.82) is 0 Å². The van der Waals surface area contributed by atoms with Gasteiger partial charge in [-0.25, -0.2) is 4.98 Å². The lowest BCUT2D eigenvalue weighted by molar-refractivity contribution is 0.604. The van der Waals surface area contributed by atoms with Crippen LogP contribution < -0.4 is 10.6 Å². The van der Waals surface area contributed by atoms with Gasteiger partial charge in [0.15, 0.2) is 0 Å². The fraction of sp³-hybridized carbons (Fsp3) is 0.571. The molecule has 0 radical (unpaired) electrons. The first-order chi connectivity index (χ1) is 9.04. The zero-order chi connectivity index (χ0) is 13.6. The lowest BCUT2D eigenvalue weighted by Crippen LogP contribution is -2.31. The maximum Gasteiger partial charge on any atom is 0.223 e. The van der Waals surface area contributed by atoms with Crippen LogP contribution in [0.1, 0.15) is 31.6 Å². The molecule has 2 N–H and O–H groups in total. The van der Waals surface area contributed by atoms with Crippen molar-refractivity contribution in [3.05, 3.63) is 10.9 Å². The third-order valence-corrected chi connectivity index (χ3v) is 4.28. The van der Waals surface area contributed by atoms with Crippen LogP contribution in [0.2, 0.25) is 0 Å². The van der Waals surface area contributed by atoms with Crippen LogP contribution in [-0.2, 0) is 0 Å². The Balaban J connectivity index is 2.10. The maximum absolute atomic E-state index is 5.88. The summed E-state index contributed by atoms with van der Waals surface area (Å²) in [5, 5.41) is 1.16. The van der Waals surface area contributed by atoms with Gasteiger partial charge in [0.25, 0.3) is 0 Å². The number of nitrogens with zero attached hydrogens (tertiary/aromatic N) is 3. The lowest BCUT2D eigenvalue weighted by Gasteiger charge is -2.26. The van der Waals surface area contributed by atoms with Crippen molar-refractivity contribution >= 4 is 33.3 Å². The molecule has 3 rings (SSSR count). The molecule has 1 fully saturated rings. The summed E-state index contributed by atoms with van der Waals surface area (Å²) in [5.74, 6) is 2.04. The summed E-state index contributed by atoms with van der Waals surface area (Å²) in [6.07, 6.45) is 2.53. The van der Waals surface area contributed by atoms with E-state index in [0.717, 1.165) is 22.6 Å². The van der Waals surface area contributed by atoms with E-state index in [2.05, 4.69) is 41.7 Å². The largest absolute Gasteiger partial charge is 0.368 e. The van der Waals surface area contributed by atoms with E-state index in [0.29, 0.717) is 17.9 Å². The highest BCUT2D eigenvalue weighted by atomic mass is 32.1. The third-order valence-electron chi connectivity index (χ3n) is 3.33. The molecule has 2 heterocycles. The van der Waals surface area contributed by atoms with Crippen LogP contribution in [0.4, 0.5) is 11.8 Å². The summed E-state index contributed by atoms with van der Waals surface area (Å²) in [6, 6.07) is 2.82. The van der Waals surface area contributed by atoms with Gasteiger partial charge in [-0.05, 0) is 31.7 Å². The fourth-order valence-electron chi connectivity index (χ4n) is 2.45. The van der Waals surface area contributed by atoms with Crippen LogP contribution in [-0.4, -0.2) is 22.6 Å². The molecule has 0 bridgehead atoms. The highest BCUT2D eigenvalue weighted by molar-refractivity contribution is 7.18. The summed E-state index contributed by atoms with van der Waals surface area (Å²) in [4.78, 5) is 13.6. The highest BCUT2D eigenvalue weighted by Gasteiger charge is 2.32. The van der Waals surface area contributed by atoms with Gasteiger partial charge < -0.3 is 10.6 Å². The number of hydrogen-bond donors (Lipinski definition) is 1. The zero-order valence-corrected chi connectivity index (χ0v) is 12.5. The summed E-state index contributed by atoms with van der Waals surface area (Å²) in [5.41, 5.74) is 5.88. The number of nitrogens with two attached hydrogens (primary N) is 1. The van der Waals surface area contributed by atoms with Gasteiger partial charge in [0, 0.05) is 17.5 Å². The van der Waals surface area contributed by atoms with Gasteiger partial charge in [0.2, 0.25) is 5.95 Å². The maximum atomic E-state index is 5.88. The molecule has 1 aliphatic rings. The third kappa shape index (κ3) is 2.52. The van der Waals surface area contributed by atoms with Gasteiger partial charge in [-0.2, -0.15) is 4.98 Å². The van der Waals surface area contributed by atoms with Crippen molar-refractivity contribution in [1.82, 2.24) is 9.97 Å². The standard InChI is InChI=1S/C14H20N4S/c1-8(2)7-18(10-4-5-10)12-11-6-9(3)19-13(11)17-14(15)16-12/h6,8,10H,4-5,7H2,1-3H3,(H2,15,16,17). The molecule has 102 valence electrons. The van der Waals surface area contributed by atoms with Gasteiger partial charge in [-0.15, -0.1) is 11.3 Å². The number of hydrogen-bond acceptors (Lipinski definition) is 5. The van der Waals surface area contributed by atoms with Crippen molar-refractivity contribution in [2.24, 2.45) is 5.92 Å². The van der Waals surface area contributed by atoms with E-state index in [1.54, 1.807) is 11.3 Å². The van der Waals surface area contributed by atoms with Crippen molar-refractivity contribution in [2.45, 2.75) is 39.7 Å². The first-order valence-electron chi connectivity index (χ1n) is 6.85. The smallest absolute Gasteiger partial charge is 0.223 e. The number of rotatable bonds is 4. The number of nitrogen functional groups attached to an aromatic ring is 1. The number of anilines is 2. The van der Waals surface area contributed by atoms with E-state index >= 15 is 0 Å². The van der Waals surface area contributed by atoms with Crippen molar-refractivity contribution < 1.29 is 0 Å². The number of thiophene rings is 1. The Morgan fingerprint density at radius 1 is 1.42 bits per heavy atom. The molecule has 0 saturated heterocycles. The fourth-order valence-corrected chi connectivity index (χ4v) is 3.33. The number of fused-ring (bicyclic) bond motifs is 1. The Morgan fingerprint density at radius 3 is 2.79 bits per heavy atom. The minimum Gasteiger partial charge on any atom is -0.368 e. The SMILES string of the molecule is Cc1cc2c(N(CC(C)C)C3CC3)nc(N)nc2s1. The van der Waals surface area contributed by atoms with Crippen LogP contribution in [0.3, 0.4) is 0 Å². The number of aryl methyl sites for hydroxylation is 1. The summed E-state index contributed by atoms with van der Waals surface area (Å²) >= 11 is 1.69. The molecule has 1 saturated carbocycles. The Kier molecular flexibility index (Phi) is 3.09. The van der Waals surface area contributed by atoms with Crippen LogP contribution in [0, 0.1) is 12.8 Å². The van der Waals surface area contributed by atoms with E-state index in [1.165, 1.54) is 17.7 Å². The monoisotopic (exact) mass is 276 g/mol. The Morgan fingerprint density at radius 2 is 2.16 bits per heavy atom. The molecule has 19 heavy (non-hydrogen) atoms. The van der Waals surface area contributed by atoms with E-state index in [4.69, 9.17) is 5.73 Å². The Labute approximate surface area is 117 Å². The quantitative estimate of drug-likeness (QED) is 0.931. The molecule has 5 heteroatoms. The number of aromatic nitrogens is 2. The van der Waals surface area contributed by atoms with Gasteiger partial charge >= 0.3 is 0 Å². The molecule has 2 aromatic rings. The summed E-state index contributed by atoms with van der Waals surface area (Å²) in [6.45, 7) is 7.63. The molecule has 1 aliphatic carbocycles. The van der Waals surface area contributed by atoms with Gasteiger partial charge in [-0.3, -0.25) is 0 Å². The predicted octanol–water partition coefficient (Wildman–Crippen LogP) is 3.21. The van der Waals surface area contributed by atoms with Gasteiger partial charge in [0.05, 0.1) is 5.39 Å². The minimum absolute atomic E-state index is 0.388. The van der Waals surface area contributed by atoms with Crippen molar-refractivity contribution in [3.63, 3.8) is 0 Å². The van der Waals surface area contributed by atoms with Crippen molar-refractivity contribution in [3.8, 4) is 0 Å². The molecule has 0 aromatic carbocycles. The summed E-state index contributed by atoms with van der Waals surface area (Å²) in [7, 11) is 0. The normalized spacial score (nSPS) is 15.4. The van der Waals surface area contributed by atoms with Gasteiger partial charge in [-0.1, -0.05) is 13.8 Å². The van der Waals surface area contributed by atoms with Crippen LogP contribution in [0.15, 0.2) is 6.07 Å².